The number of piperidine rings is 1. The summed E-state index contributed by atoms with van der Waals surface area (Å²) >= 11 is 0. The summed E-state index contributed by atoms with van der Waals surface area (Å²) in [6, 6.07) is 7.67. The largest absolute Gasteiger partial charge is 0.478 e. The predicted octanol–water partition coefficient (Wildman–Crippen LogP) is 3.59. The number of rotatable bonds is 5. The van der Waals surface area contributed by atoms with Crippen molar-refractivity contribution in [2.45, 2.75) is 18.9 Å². The fourth-order valence-corrected chi connectivity index (χ4v) is 5.31. The van der Waals surface area contributed by atoms with Crippen molar-refractivity contribution in [1.29, 1.82) is 0 Å². The van der Waals surface area contributed by atoms with E-state index < -0.39 is 27.6 Å². The summed E-state index contributed by atoms with van der Waals surface area (Å²) in [6.45, 7) is 0.720. The summed E-state index contributed by atoms with van der Waals surface area (Å²) in [6.07, 6.45) is 2.27. The zero-order valence-corrected chi connectivity index (χ0v) is 19.4. The van der Waals surface area contributed by atoms with Crippen LogP contribution in [-0.2, 0) is 10.0 Å². The molecule has 0 aliphatic carbocycles. The van der Waals surface area contributed by atoms with Gasteiger partial charge in [-0.25, -0.2) is 31.3 Å². The standard InChI is InChI=1S/C23H21F2N5O4S/c1-35(33,34)30-9-7-13(8-10-30)26-22-21-20(28-29-22)14-6-5-12(23(31)32)11-15(14)19(27-21)18-16(24)3-2-4-17(18)25/h2-6,11,13H,7-10H2,1H3,(H,31,32)(H2,26,28,29). The highest BCUT2D eigenvalue weighted by Gasteiger charge is 2.27. The summed E-state index contributed by atoms with van der Waals surface area (Å²) in [7, 11) is -3.27. The molecule has 3 N–H and O–H groups in total. The number of halogens is 2. The lowest BCUT2D eigenvalue weighted by molar-refractivity contribution is 0.0697. The Bertz CT molecular complexity index is 1560. The molecule has 5 rings (SSSR count). The molecule has 0 radical (unpaired) electrons. The molecule has 3 heterocycles. The van der Waals surface area contributed by atoms with Crippen LogP contribution in [0.15, 0.2) is 36.4 Å². The molecule has 1 aliphatic rings. The van der Waals surface area contributed by atoms with E-state index in [2.05, 4.69) is 20.5 Å². The van der Waals surface area contributed by atoms with Crippen molar-refractivity contribution in [3.05, 3.63) is 53.6 Å². The van der Waals surface area contributed by atoms with E-state index >= 15 is 0 Å². The molecule has 0 unspecified atom stereocenters. The van der Waals surface area contributed by atoms with Crippen molar-refractivity contribution >= 4 is 43.6 Å². The molecule has 0 saturated carbocycles. The van der Waals surface area contributed by atoms with Crippen LogP contribution in [0.1, 0.15) is 23.2 Å². The van der Waals surface area contributed by atoms with Gasteiger partial charge in [0.2, 0.25) is 10.0 Å². The highest BCUT2D eigenvalue weighted by molar-refractivity contribution is 7.88. The number of carbonyl (C=O) groups is 1. The summed E-state index contributed by atoms with van der Waals surface area (Å²) in [5.74, 6) is -2.48. The first-order valence-electron chi connectivity index (χ1n) is 10.8. The number of anilines is 1. The number of nitrogens with zero attached hydrogens (tertiary/aromatic N) is 3. The molecule has 12 heteroatoms. The third-order valence-corrected chi connectivity index (χ3v) is 7.52. The van der Waals surface area contributed by atoms with E-state index in [0.717, 1.165) is 12.1 Å². The summed E-state index contributed by atoms with van der Waals surface area (Å²) in [5.41, 5.74) is 0.363. The average molecular weight is 502 g/mol. The number of H-pyrrole nitrogens is 1. The Morgan fingerprint density at radius 2 is 1.83 bits per heavy atom. The van der Waals surface area contributed by atoms with Gasteiger partial charge in [-0.3, -0.25) is 5.10 Å². The molecule has 35 heavy (non-hydrogen) atoms. The summed E-state index contributed by atoms with van der Waals surface area (Å²) < 4.78 is 54.5. The van der Waals surface area contributed by atoms with Gasteiger partial charge in [0.05, 0.1) is 28.6 Å². The topological polar surface area (TPSA) is 128 Å². The number of nitrogens with one attached hydrogen (secondary N) is 2. The highest BCUT2D eigenvalue weighted by Crippen LogP contribution is 2.37. The Morgan fingerprint density at radius 3 is 2.46 bits per heavy atom. The van der Waals surface area contributed by atoms with Crippen LogP contribution in [-0.4, -0.2) is 64.4 Å². The van der Waals surface area contributed by atoms with E-state index in [1.807, 2.05) is 0 Å². The van der Waals surface area contributed by atoms with Gasteiger partial charge in [0.15, 0.2) is 5.82 Å². The van der Waals surface area contributed by atoms with Crippen LogP contribution in [0.3, 0.4) is 0 Å². The summed E-state index contributed by atoms with van der Waals surface area (Å²) in [5, 5.41) is 20.7. The maximum atomic E-state index is 14.8. The van der Waals surface area contributed by atoms with Crippen molar-refractivity contribution < 1.29 is 27.1 Å². The normalized spacial score (nSPS) is 15.6. The van der Waals surface area contributed by atoms with Crippen LogP contribution in [0.4, 0.5) is 14.6 Å². The molecule has 0 amide bonds. The second-order valence-electron chi connectivity index (χ2n) is 8.50. The number of hydrogen-bond acceptors (Lipinski definition) is 6. The third-order valence-electron chi connectivity index (χ3n) is 6.22. The van der Waals surface area contributed by atoms with Crippen LogP contribution >= 0.6 is 0 Å². The van der Waals surface area contributed by atoms with Crippen molar-refractivity contribution in [3.63, 3.8) is 0 Å². The van der Waals surface area contributed by atoms with Crippen molar-refractivity contribution in [1.82, 2.24) is 19.5 Å². The number of carboxylic acid groups (broad SMARTS) is 1. The van der Waals surface area contributed by atoms with Gasteiger partial charge in [0.25, 0.3) is 0 Å². The van der Waals surface area contributed by atoms with Gasteiger partial charge >= 0.3 is 5.97 Å². The Balaban J connectivity index is 1.63. The van der Waals surface area contributed by atoms with Crippen molar-refractivity contribution in [2.75, 3.05) is 24.7 Å². The number of sulfonamides is 1. The quantitative estimate of drug-likeness (QED) is 0.381. The van der Waals surface area contributed by atoms with Crippen LogP contribution in [0.2, 0.25) is 0 Å². The van der Waals surface area contributed by atoms with Crippen LogP contribution in [0.25, 0.3) is 33.1 Å². The van der Waals surface area contributed by atoms with Crippen LogP contribution in [0, 0.1) is 11.6 Å². The minimum atomic E-state index is -3.27. The first kappa shape index (κ1) is 23.1. The van der Waals surface area contributed by atoms with Gasteiger partial charge in [-0.15, -0.1) is 0 Å². The van der Waals surface area contributed by atoms with Crippen molar-refractivity contribution in [3.8, 4) is 11.3 Å². The minimum absolute atomic E-state index is 0.0393. The first-order valence-corrected chi connectivity index (χ1v) is 12.7. The molecule has 0 bridgehead atoms. The maximum absolute atomic E-state index is 14.8. The first-order chi connectivity index (χ1) is 16.6. The Morgan fingerprint density at radius 1 is 1.14 bits per heavy atom. The SMILES string of the molecule is CS(=O)(=O)N1CCC(Nc2n[nH]c3c2nc(-c2c(F)cccc2F)c2cc(C(=O)O)ccc23)CC1. The second kappa shape index (κ2) is 8.54. The molecule has 1 saturated heterocycles. The van der Waals surface area contributed by atoms with E-state index in [-0.39, 0.29) is 28.2 Å². The zero-order chi connectivity index (χ0) is 24.9. The second-order valence-corrected chi connectivity index (χ2v) is 10.5. The van der Waals surface area contributed by atoms with Gasteiger partial charge in [-0.1, -0.05) is 12.1 Å². The number of pyridine rings is 1. The van der Waals surface area contributed by atoms with Crippen LogP contribution in [0.5, 0.6) is 0 Å². The monoisotopic (exact) mass is 501 g/mol. The van der Waals surface area contributed by atoms with E-state index in [0.29, 0.717) is 48.2 Å². The molecule has 2 aromatic carbocycles. The lowest BCUT2D eigenvalue weighted by atomic mass is 9.99. The van der Waals surface area contributed by atoms with Gasteiger partial charge in [0, 0.05) is 29.9 Å². The number of aromatic carboxylic acids is 1. The van der Waals surface area contributed by atoms with Gasteiger partial charge < -0.3 is 10.4 Å². The fourth-order valence-electron chi connectivity index (χ4n) is 4.44. The van der Waals surface area contributed by atoms with E-state index in [1.165, 1.54) is 28.8 Å². The zero-order valence-electron chi connectivity index (χ0n) is 18.5. The Hall–Kier alpha value is -3.64. The molecule has 0 spiro atoms. The Labute approximate surface area is 198 Å². The smallest absolute Gasteiger partial charge is 0.335 e. The number of benzene rings is 2. The fraction of sp³-hybridized carbons (Fsp3) is 0.261. The number of hydrogen-bond donors (Lipinski definition) is 3. The molecular formula is C23H21F2N5O4S. The molecule has 182 valence electrons. The van der Waals surface area contributed by atoms with Crippen LogP contribution < -0.4 is 5.32 Å². The van der Waals surface area contributed by atoms with E-state index in [9.17, 15) is 27.1 Å². The van der Waals surface area contributed by atoms with E-state index in [4.69, 9.17) is 0 Å². The molecule has 9 nitrogen and oxygen atoms in total. The molecule has 4 aromatic rings. The van der Waals surface area contributed by atoms with Crippen molar-refractivity contribution in [2.24, 2.45) is 0 Å². The minimum Gasteiger partial charge on any atom is -0.478 e. The average Bonchev–Trinajstić information content (AvgIpc) is 3.21. The Kier molecular flexibility index (Phi) is 5.64. The number of carboxylic acids is 1. The number of fused-ring (bicyclic) bond motifs is 3. The maximum Gasteiger partial charge on any atom is 0.335 e. The number of aromatic amines is 1. The predicted molar refractivity (Wildman–Crippen MR) is 127 cm³/mol. The lowest BCUT2D eigenvalue weighted by Crippen LogP contribution is -2.41. The molecule has 1 fully saturated rings. The molecular weight excluding hydrogens is 480 g/mol. The van der Waals surface area contributed by atoms with E-state index in [1.54, 1.807) is 6.07 Å². The molecule has 0 atom stereocenters. The highest BCUT2D eigenvalue weighted by atomic mass is 32.2. The number of aromatic nitrogens is 3. The van der Waals surface area contributed by atoms with Gasteiger partial charge in [-0.2, -0.15) is 5.10 Å². The van der Waals surface area contributed by atoms with Gasteiger partial charge in [-0.05, 0) is 37.1 Å². The van der Waals surface area contributed by atoms with Gasteiger partial charge in [0.1, 0.15) is 17.2 Å². The molecule has 2 aromatic heterocycles. The molecule has 1 aliphatic heterocycles. The third kappa shape index (κ3) is 4.19. The lowest BCUT2D eigenvalue weighted by Gasteiger charge is -2.30. The summed E-state index contributed by atoms with van der Waals surface area (Å²) in [4.78, 5) is 16.1.